The Morgan fingerprint density at radius 1 is 1.18 bits per heavy atom. The van der Waals surface area contributed by atoms with Crippen molar-refractivity contribution in [3.05, 3.63) is 54.1 Å². The third-order valence-corrected chi connectivity index (χ3v) is 4.63. The fraction of sp³-hybridized carbons (Fsp3) is 0.333. The average Bonchev–Trinajstić information content (AvgIpc) is 2.73. The van der Waals surface area contributed by atoms with Gasteiger partial charge < -0.3 is 25.0 Å². The molecule has 7 heteroatoms. The van der Waals surface area contributed by atoms with Crippen LogP contribution in [0, 0.1) is 0 Å². The van der Waals surface area contributed by atoms with Crippen molar-refractivity contribution < 1.29 is 19.1 Å². The topological polar surface area (TPSA) is 79.9 Å². The van der Waals surface area contributed by atoms with Crippen LogP contribution < -0.4 is 25.0 Å². The van der Waals surface area contributed by atoms with Crippen LogP contribution in [0.4, 0.5) is 5.69 Å². The monoisotopic (exact) mass is 383 g/mol. The minimum atomic E-state index is -0.646. The van der Waals surface area contributed by atoms with Gasteiger partial charge in [0.15, 0.2) is 6.10 Å². The van der Waals surface area contributed by atoms with Crippen LogP contribution in [0.3, 0.4) is 0 Å². The van der Waals surface area contributed by atoms with E-state index < -0.39 is 6.10 Å². The van der Waals surface area contributed by atoms with E-state index in [1.807, 2.05) is 47.4 Å². The molecule has 2 aromatic rings. The molecule has 0 aliphatic carbocycles. The van der Waals surface area contributed by atoms with Gasteiger partial charge in [-0.2, -0.15) is 0 Å². The molecule has 0 saturated heterocycles. The van der Waals surface area contributed by atoms with Crippen LogP contribution in [0.15, 0.2) is 48.5 Å². The molecule has 0 saturated carbocycles. The molecule has 7 nitrogen and oxygen atoms in total. The predicted octanol–water partition coefficient (Wildman–Crippen LogP) is 1.37. The number of ether oxygens (including phenoxy) is 2. The van der Waals surface area contributed by atoms with Crippen LogP contribution in [0.1, 0.15) is 5.56 Å². The summed E-state index contributed by atoms with van der Waals surface area (Å²) in [5.74, 6) is 1.11. The summed E-state index contributed by atoms with van der Waals surface area (Å²) < 4.78 is 10.9. The van der Waals surface area contributed by atoms with Gasteiger partial charge in [0, 0.05) is 13.6 Å². The molecule has 0 bridgehead atoms. The lowest BCUT2D eigenvalue weighted by Crippen LogP contribution is -2.50. The van der Waals surface area contributed by atoms with E-state index in [0.717, 1.165) is 23.4 Å². The highest BCUT2D eigenvalue weighted by molar-refractivity contribution is 5.86. The number of hydrogen-bond donors (Lipinski definition) is 2. The fourth-order valence-electron chi connectivity index (χ4n) is 3.12. The summed E-state index contributed by atoms with van der Waals surface area (Å²) in [7, 11) is 3.20. The maximum Gasteiger partial charge on any atom is 0.262 e. The van der Waals surface area contributed by atoms with E-state index in [4.69, 9.17) is 9.47 Å². The largest absolute Gasteiger partial charge is 0.497 e. The molecule has 1 aliphatic heterocycles. The van der Waals surface area contributed by atoms with Gasteiger partial charge in [-0.05, 0) is 36.2 Å². The normalized spacial score (nSPS) is 15.2. The summed E-state index contributed by atoms with van der Waals surface area (Å²) >= 11 is 0. The number of rotatable bonds is 7. The van der Waals surface area contributed by atoms with Crippen molar-refractivity contribution in [1.82, 2.24) is 10.6 Å². The number of benzene rings is 2. The Bertz CT molecular complexity index is 823. The van der Waals surface area contributed by atoms with Gasteiger partial charge >= 0.3 is 0 Å². The van der Waals surface area contributed by atoms with Crippen LogP contribution in [0.5, 0.6) is 11.5 Å². The number of fused-ring (bicyclic) bond motifs is 1. The number of likely N-dealkylation sites (N-methyl/N-ethyl adjacent to an activating group) is 1. The molecule has 3 rings (SSSR count). The maximum absolute atomic E-state index is 12.4. The Kier molecular flexibility index (Phi) is 6.37. The van der Waals surface area contributed by atoms with Crippen LogP contribution in [0.2, 0.25) is 0 Å². The molecule has 148 valence electrons. The van der Waals surface area contributed by atoms with Gasteiger partial charge in [0.1, 0.15) is 11.5 Å². The molecule has 2 N–H and O–H groups in total. The summed E-state index contributed by atoms with van der Waals surface area (Å²) in [6.45, 7) is 1.02. The zero-order valence-corrected chi connectivity index (χ0v) is 16.1. The summed E-state index contributed by atoms with van der Waals surface area (Å²) in [4.78, 5) is 26.3. The van der Waals surface area contributed by atoms with Crippen LogP contribution >= 0.6 is 0 Å². The zero-order valence-electron chi connectivity index (χ0n) is 16.1. The van der Waals surface area contributed by atoms with Gasteiger partial charge in [-0.15, -0.1) is 0 Å². The first-order valence-electron chi connectivity index (χ1n) is 9.22. The summed E-state index contributed by atoms with van der Waals surface area (Å²) in [6.07, 6.45) is 0.0861. The summed E-state index contributed by atoms with van der Waals surface area (Å²) in [5.41, 5.74) is 1.94. The molecule has 1 heterocycles. The Morgan fingerprint density at radius 2 is 1.93 bits per heavy atom. The molecule has 2 aromatic carbocycles. The fourth-order valence-corrected chi connectivity index (χ4v) is 3.12. The second-order valence-electron chi connectivity index (χ2n) is 6.52. The minimum absolute atomic E-state index is 0.0964. The lowest BCUT2D eigenvalue weighted by Gasteiger charge is -2.35. The Labute approximate surface area is 164 Å². The lowest BCUT2D eigenvalue weighted by atomic mass is 10.1. The number of hydrogen-bond acceptors (Lipinski definition) is 5. The first-order chi connectivity index (χ1) is 13.6. The Balaban J connectivity index is 1.56. The van der Waals surface area contributed by atoms with Gasteiger partial charge in [0.2, 0.25) is 5.91 Å². The Morgan fingerprint density at radius 3 is 2.64 bits per heavy atom. The van der Waals surface area contributed by atoms with E-state index in [1.165, 1.54) is 0 Å². The highest BCUT2D eigenvalue weighted by Crippen LogP contribution is 2.32. The van der Waals surface area contributed by atoms with E-state index in [-0.39, 0.29) is 18.4 Å². The van der Waals surface area contributed by atoms with Crippen molar-refractivity contribution in [2.75, 3.05) is 38.7 Å². The van der Waals surface area contributed by atoms with Crippen molar-refractivity contribution in [3.63, 3.8) is 0 Å². The van der Waals surface area contributed by atoms with Gasteiger partial charge in [-0.3, -0.25) is 9.59 Å². The van der Waals surface area contributed by atoms with Crippen LogP contribution in [-0.2, 0) is 16.0 Å². The van der Waals surface area contributed by atoms with E-state index >= 15 is 0 Å². The number of carbonyl (C=O) groups excluding carboxylic acids is 2. The quantitative estimate of drug-likeness (QED) is 0.755. The summed E-state index contributed by atoms with van der Waals surface area (Å²) in [6, 6.07) is 15.2. The van der Waals surface area contributed by atoms with Crippen LogP contribution in [-0.4, -0.2) is 51.7 Å². The van der Waals surface area contributed by atoms with E-state index in [1.54, 1.807) is 20.2 Å². The number of nitrogens with one attached hydrogen (secondary N) is 2. The molecule has 0 unspecified atom stereocenters. The van der Waals surface area contributed by atoms with Gasteiger partial charge in [0.05, 0.1) is 25.9 Å². The van der Waals surface area contributed by atoms with Crippen molar-refractivity contribution in [2.45, 2.75) is 12.5 Å². The molecule has 1 atom stereocenters. The Hall–Kier alpha value is -3.22. The van der Waals surface area contributed by atoms with Gasteiger partial charge in [-0.25, -0.2) is 0 Å². The highest BCUT2D eigenvalue weighted by atomic mass is 16.5. The second kappa shape index (κ2) is 9.12. The van der Waals surface area contributed by atoms with Gasteiger partial charge in [-0.1, -0.05) is 24.3 Å². The predicted molar refractivity (Wildman–Crippen MR) is 107 cm³/mol. The lowest BCUT2D eigenvalue weighted by molar-refractivity contribution is -0.127. The second-order valence-corrected chi connectivity index (χ2v) is 6.52. The van der Waals surface area contributed by atoms with E-state index in [9.17, 15) is 9.59 Å². The van der Waals surface area contributed by atoms with E-state index in [0.29, 0.717) is 18.8 Å². The molecular formula is C21H25N3O4. The number of para-hydroxylation sites is 2. The van der Waals surface area contributed by atoms with Crippen molar-refractivity contribution >= 4 is 17.5 Å². The first-order valence-corrected chi connectivity index (χ1v) is 9.22. The molecule has 1 aliphatic rings. The molecule has 0 fully saturated rings. The molecular weight excluding hydrogens is 358 g/mol. The molecule has 0 radical (unpaired) electrons. The number of anilines is 1. The van der Waals surface area contributed by atoms with Crippen LogP contribution in [0.25, 0.3) is 0 Å². The third-order valence-electron chi connectivity index (χ3n) is 4.63. The number of methoxy groups -OCH3 is 1. The van der Waals surface area contributed by atoms with Crippen molar-refractivity contribution in [3.8, 4) is 11.5 Å². The number of nitrogens with zero attached hydrogens (tertiary/aromatic N) is 1. The smallest absolute Gasteiger partial charge is 0.262 e. The number of amides is 2. The SMILES string of the molecule is CNC(=O)[C@@H]1CN(CC(=O)NCCc2ccc(OC)cc2)c2ccccc2O1. The first kappa shape index (κ1) is 19.5. The maximum atomic E-state index is 12.4. The molecule has 0 aromatic heterocycles. The third kappa shape index (κ3) is 4.73. The highest BCUT2D eigenvalue weighted by Gasteiger charge is 2.30. The molecule has 28 heavy (non-hydrogen) atoms. The molecule has 2 amide bonds. The summed E-state index contributed by atoms with van der Waals surface area (Å²) in [5, 5.41) is 5.54. The van der Waals surface area contributed by atoms with Gasteiger partial charge in [0.25, 0.3) is 5.91 Å². The zero-order chi connectivity index (χ0) is 19.9. The molecule has 0 spiro atoms. The van der Waals surface area contributed by atoms with E-state index in [2.05, 4.69) is 10.6 Å². The van der Waals surface area contributed by atoms with Crippen molar-refractivity contribution in [2.24, 2.45) is 0 Å². The standard InChI is InChI=1S/C21H25N3O4/c1-22-21(26)19-13-24(17-5-3-4-6-18(17)28-19)14-20(25)23-12-11-15-7-9-16(27-2)10-8-15/h3-10,19H,11-14H2,1-2H3,(H,22,26)(H,23,25)/t19-/m0/s1. The average molecular weight is 383 g/mol. The minimum Gasteiger partial charge on any atom is -0.497 e. The number of carbonyl (C=O) groups is 2. The van der Waals surface area contributed by atoms with Crippen molar-refractivity contribution in [1.29, 1.82) is 0 Å².